The molecule has 6 heteroatoms. The summed E-state index contributed by atoms with van der Waals surface area (Å²) in [6, 6.07) is 7.81. The fraction of sp³-hybridized carbons (Fsp3) is 0.333. The third-order valence-corrected chi connectivity index (χ3v) is 3.54. The van der Waals surface area contributed by atoms with Crippen LogP contribution in [0.1, 0.15) is 28.2 Å². The third-order valence-electron chi connectivity index (χ3n) is 3.54. The predicted molar refractivity (Wildman–Crippen MR) is 86.4 cm³/mol. The number of benzene rings is 1. The van der Waals surface area contributed by atoms with Crippen LogP contribution in [-0.4, -0.2) is 22.2 Å². The first-order chi connectivity index (χ1) is 9.63. The lowest BCUT2D eigenvalue weighted by Crippen LogP contribution is -2.17. The van der Waals surface area contributed by atoms with Gasteiger partial charge in [-0.3, -0.25) is 9.48 Å². The molecular weight excluding hydrogens is 288 g/mol. The summed E-state index contributed by atoms with van der Waals surface area (Å²) in [5, 5.41) is 10.5. The Morgan fingerprint density at radius 3 is 2.90 bits per heavy atom. The van der Waals surface area contributed by atoms with Gasteiger partial charge in [0.25, 0.3) is 5.91 Å². The summed E-state index contributed by atoms with van der Waals surface area (Å²) in [7, 11) is 1.77. The van der Waals surface area contributed by atoms with Crippen molar-refractivity contribution in [2.24, 2.45) is 7.05 Å². The fourth-order valence-corrected chi connectivity index (χ4v) is 2.56. The van der Waals surface area contributed by atoms with Gasteiger partial charge in [-0.25, -0.2) is 0 Å². The van der Waals surface area contributed by atoms with Crippen molar-refractivity contribution in [1.82, 2.24) is 9.78 Å². The number of halogens is 1. The number of carbonyl (C=O) groups excluding carboxylic acids is 1. The Hall–Kier alpha value is -2.01. The van der Waals surface area contributed by atoms with E-state index in [0.29, 0.717) is 5.69 Å². The minimum atomic E-state index is -0.135. The van der Waals surface area contributed by atoms with Crippen molar-refractivity contribution in [2.45, 2.75) is 19.8 Å². The maximum absolute atomic E-state index is 12.2. The van der Waals surface area contributed by atoms with E-state index in [-0.39, 0.29) is 18.3 Å². The van der Waals surface area contributed by atoms with Crippen molar-refractivity contribution >= 4 is 29.7 Å². The molecule has 1 amide bonds. The summed E-state index contributed by atoms with van der Waals surface area (Å²) in [5.74, 6) is -0.135. The molecule has 2 heterocycles. The highest BCUT2D eigenvalue weighted by Gasteiger charge is 2.14. The Labute approximate surface area is 130 Å². The Balaban J connectivity index is 0.00000161. The van der Waals surface area contributed by atoms with E-state index in [1.54, 1.807) is 17.8 Å². The topological polar surface area (TPSA) is 59.0 Å². The van der Waals surface area contributed by atoms with Crippen LogP contribution in [0, 0.1) is 6.92 Å². The summed E-state index contributed by atoms with van der Waals surface area (Å²) < 4.78 is 1.60. The van der Waals surface area contributed by atoms with Gasteiger partial charge in [0.05, 0.1) is 5.69 Å². The fourth-order valence-electron chi connectivity index (χ4n) is 2.56. The molecule has 3 rings (SSSR count). The standard InChI is InChI=1S/C15H18N4O.ClH/c1-10-8-14(19(2)18-10)15(20)17-12-6-5-11-4-3-7-16-13(11)9-12;/h5-6,8-9,16H,3-4,7H2,1-2H3,(H,17,20);1H. The highest BCUT2D eigenvalue weighted by atomic mass is 35.5. The molecule has 0 saturated carbocycles. The van der Waals surface area contributed by atoms with Crippen molar-refractivity contribution < 1.29 is 4.79 Å². The van der Waals surface area contributed by atoms with Crippen molar-refractivity contribution in [2.75, 3.05) is 17.2 Å². The lowest BCUT2D eigenvalue weighted by atomic mass is 10.0. The van der Waals surface area contributed by atoms with E-state index in [0.717, 1.165) is 36.5 Å². The molecule has 21 heavy (non-hydrogen) atoms. The quantitative estimate of drug-likeness (QED) is 0.897. The number of rotatable bonds is 2. The van der Waals surface area contributed by atoms with Crippen LogP contribution in [0.2, 0.25) is 0 Å². The van der Waals surface area contributed by atoms with E-state index in [1.807, 2.05) is 19.1 Å². The molecule has 1 aliphatic rings. The van der Waals surface area contributed by atoms with Crippen LogP contribution in [0.3, 0.4) is 0 Å². The number of nitrogens with zero attached hydrogens (tertiary/aromatic N) is 2. The number of aromatic nitrogens is 2. The van der Waals surface area contributed by atoms with Gasteiger partial charge in [0.2, 0.25) is 0 Å². The van der Waals surface area contributed by atoms with Crippen molar-refractivity contribution in [1.29, 1.82) is 0 Å². The molecule has 0 atom stereocenters. The normalized spacial score (nSPS) is 12.9. The number of nitrogens with one attached hydrogen (secondary N) is 2. The van der Waals surface area contributed by atoms with Crippen LogP contribution in [0.5, 0.6) is 0 Å². The minimum absolute atomic E-state index is 0. The van der Waals surface area contributed by atoms with Gasteiger partial charge in [-0.05, 0) is 43.5 Å². The lowest BCUT2D eigenvalue weighted by molar-refractivity contribution is 0.101. The molecule has 0 unspecified atom stereocenters. The second-order valence-corrected chi connectivity index (χ2v) is 5.15. The number of amides is 1. The average molecular weight is 307 g/mol. The largest absolute Gasteiger partial charge is 0.385 e. The maximum atomic E-state index is 12.2. The van der Waals surface area contributed by atoms with Gasteiger partial charge in [-0.15, -0.1) is 12.4 Å². The van der Waals surface area contributed by atoms with Crippen LogP contribution in [0.25, 0.3) is 0 Å². The second-order valence-electron chi connectivity index (χ2n) is 5.15. The minimum Gasteiger partial charge on any atom is -0.385 e. The predicted octanol–water partition coefficient (Wildman–Crippen LogP) is 2.76. The molecular formula is C15H19ClN4O. The zero-order valence-corrected chi connectivity index (χ0v) is 13.0. The second kappa shape index (κ2) is 6.18. The molecule has 0 spiro atoms. The van der Waals surface area contributed by atoms with Crippen LogP contribution in [-0.2, 0) is 13.5 Å². The monoisotopic (exact) mass is 306 g/mol. The van der Waals surface area contributed by atoms with Gasteiger partial charge >= 0.3 is 0 Å². The molecule has 1 aromatic heterocycles. The van der Waals surface area contributed by atoms with E-state index >= 15 is 0 Å². The van der Waals surface area contributed by atoms with Crippen LogP contribution in [0.15, 0.2) is 24.3 Å². The maximum Gasteiger partial charge on any atom is 0.273 e. The molecule has 112 valence electrons. The third kappa shape index (κ3) is 3.19. The SMILES string of the molecule is Cc1cc(C(=O)Nc2ccc3c(c2)NCCC3)n(C)n1.Cl. The van der Waals surface area contributed by atoms with Crippen LogP contribution >= 0.6 is 12.4 Å². The van der Waals surface area contributed by atoms with Crippen molar-refractivity contribution in [3.63, 3.8) is 0 Å². The first kappa shape index (κ1) is 15.4. The van der Waals surface area contributed by atoms with E-state index in [4.69, 9.17) is 0 Å². The van der Waals surface area contributed by atoms with Gasteiger partial charge < -0.3 is 10.6 Å². The van der Waals surface area contributed by atoms with Crippen LogP contribution < -0.4 is 10.6 Å². The molecule has 1 aliphatic heterocycles. The van der Waals surface area contributed by atoms with Crippen molar-refractivity contribution in [3.05, 3.63) is 41.2 Å². The molecule has 0 aliphatic carbocycles. The number of hydrogen-bond acceptors (Lipinski definition) is 3. The molecule has 2 N–H and O–H groups in total. The lowest BCUT2D eigenvalue weighted by Gasteiger charge is -2.18. The molecule has 0 fully saturated rings. The highest BCUT2D eigenvalue weighted by molar-refractivity contribution is 6.03. The highest BCUT2D eigenvalue weighted by Crippen LogP contribution is 2.25. The van der Waals surface area contributed by atoms with Gasteiger partial charge in [-0.2, -0.15) is 5.10 Å². The van der Waals surface area contributed by atoms with Gasteiger partial charge in [0.1, 0.15) is 5.69 Å². The van der Waals surface area contributed by atoms with E-state index < -0.39 is 0 Å². The smallest absolute Gasteiger partial charge is 0.273 e. The number of carbonyl (C=O) groups is 1. The number of hydrogen-bond donors (Lipinski definition) is 2. The van der Waals surface area contributed by atoms with Crippen LogP contribution in [0.4, 0.5) is 11.4 Å². The van der Waals surface area contributed by atoms with Crippen molar-refractivity contribution in [3.8, 4) is 0 Å². The summed E-state index contributed by atoms with van der Waals surface area (Å²) in [6.07, 6.45) is 2.25. The molecule has 0 radical (unpaired) electrons. The molecule has 5 nitrogen and oxygen atoms in total. The number of fused-ring (bicyclic) bond motifs is 1. The van der Waals surface area contributed by atoms with Gasteiger partial charge in [-0.1, -0.05) is 6.07 Å². The van der Waals surface area contributed by atoms with E-state index in [1.165, 1.54) is 5.56 Å². The Morgan fingerprint density at radius 2 is 2.19 bits per heavy atom. The first-order valence-electron chi connectivity index (χ1n) is 6.82. The summed E-state index contributed by atoms with van der Waals surface area (Å²) >= 11 is 0. The first-order valence-corrected chi connectivity index (χ1v) is 6.82. The van der Waals surface area contributed by atoms with Gasteiger partial charge in [0, 0.05) is 25.0 Å². The summed E-state index contributed by atoms with van der Waals surface area (Å²) in [6.45, 7) is 2.87. The summed E-state index contributed by atoms with van der Waals surface area (Å²) in [5.41, 5.74) is 4.64. The Morgan fingerprint density at radius 1 is 1.38 bits per heavy atom. The Bertz CT molecular complexity index is 666. The number of aryl methyl sites for hydroxylation is 3. The molecule has 0 bridgehead atoms. The molecule has 2 aromatic rings. The van der Waals surface area contributed by atoms with E-state index in [2.05, 4.69) is 21.8 Å². The zero-order chi connectivity index (χ0) is 14.1. The molecule has 0 saturated heterocycles. The summed E-state index contributed by atoms with van der Waals surface area (Å²) in [4.78, 5) is 12.2. The average Bonchev–Trinajstić information content (AvgIpc) is 2.78. The van der Waals surface area contributed by atoms with Gasteiger partial charge in [0.15, 0.2) is 0 Å². The number of anilines is 2. The van der Waals surface area contributed by atoms with E-state index in [9.17, 15) is 4.79 Å². The molecule has 1 aromatic carbocycles. The Kier molecular flexibility index (Phi) is 4.53. The zero-order valence-electron chi connectivity index (χ0n) is 12.1.